The molecule has 0 bridgehead atoms. The Bertz CT molecular complexity index is 420. The lowest BCUT2D eigenvalue weighted by Crippen LogP contribution is -2.11. The Balaban J connectivity index is 2.20. The number of carbonyl (C=O) groups is 1. The van der Waals surface area contributed by atoms with Gasteiger partial charge in [-0.2, -0.15) is 0 Å². The molecule has 0 saturated heterocycles. The van der Waals surface area contributed by atoms with Crippen molar-refractivity contribution in [3.8, 4) is 5.75 Å². The van der Waals surface area contributed by atoms with E-state index < -0.39 is 0 Å². The molecular formula is C14H17Br2IO4. The Morgan fingerprint density at radius 2 is 1.57 bits per heavy atom. The lowest BCUT2D eigenvalue weighted by molar-refractivity contribution is 0.0367. The number of hydrogen-bond acceptors (Lipinski definition) is 4. The van der Waals surface area contributed by atoms with Crippen molar-refractivity contribution in [3.63, 3.8) is 0 Å². The summed E-state index contributed by atoms with van der Waals surface area (Å²) < 4.78 is 19.0. The van der Waals surface area contributed by atoms with E-state index in [4.69, 9.17) is 14.2 Å². The minimum Gasteiger partial charge on any atom is -0.489 e. The monoisotopic (exact) mass is 534 g/mol. The summed E-state index contributed by atoms with van der Waals surface area (Å²) in [6, 6.07) is 3.43. The first-order valence-electron chi connectivity index (χ1n) is 6.47. The molecule has 0 saturated carbocycles. The van der Waals surface area contributed by atoms with Gasteiger partial charge in [-0.15, -0.1) is 0 Å². The average molecular weight is 536 g/mol. The SMILES string of the molecule is O=Cc1cc(Br)c(OCCOCCOCCCI)c(Br)c1. The maximum Gasteiger partial charge on any atom is 0.150 e. The third-order valence-electron chi connectivity index (χ3n) is 2.43. The first-order valence-corrected chi connectivity index (χ1v) is 9.58. The zero-order valence-electron chi connectivity index (χ0n) is 11.4. The molecule has 0 aliphatic heterocycles. The van der Waals surface area contributed by atoms with Crippen molar-refractivity contribution in [2.24, 2.45) is 0 Å². The third kappa shape index (κ3) is 7.92. The molecule has 0 radical (unpaired) electrons. The molecule has 1 aromatic carbocycles. The topological polar surface area (TPSA) is 44.8 Å². The van der Waals surface area contributed by atoms with Crippen LogP contribution in [0.1, 0.15) is 16.8 Å². The quantitative estimate of drug-likeness (QED) is 0.184. The van der Waals surface area contributed by atoms with E-state index in [2.05, 4.69) is 54.5 Å². The fraction of sp³-hybridized carbons (Fsp3) is 0.500. The molecular weight excluding hydrogens is 519 g/mol. The van der Waals surface area contributed by atoms with Gasteiger partial charge in [0.05, 0.1) is 28.8 Å². The van der Waals surface area contributed by atoms with Crippen LogP contribution in [0.4, 0.5) is 0 Å². The lowest BCUT2D eigenvalue weighted by Gasteiger charge is -2.11. The molecule has 0 aliphatic rings. The summed E-state index contributed by atoms with van der Waals surface area (Å²) in [6.07, 6.45) is 1.86. The molecule has 0 fully saturated rings. The van der Waals surface area contributed by atoms with Crippen LogP contribution in [0, 0.1) is 0 Å². The van der Waals surface area contributed by atoms with Crippen LogP contribution >= 0.6 is 54.5 Å². The summed E-state index contributed by atoms with van der Waals surface area (Å²) in [5, 5.41) is 0. The van der Waals surface area contributed by atoms with Crippen LogP contribution in [-0.2, 0) is 9.47 Å². The van der Waals surface area contributed by atoms with Gasteiger partial charge in [0.15, 0.2) is 0 Å². The Morgan fingerprint density at radius 3 is 2.14 bits per heavy atom. The molecule has 0 aliphatic carbocycles. The van der Waals surface area contributed by atoms with E-state index >= 15 is 0 Å². The maximum absolute atomic E-state index is 10.7. The minimum atomic E-state index is 0.436. The normalized spacial score (nSPS) is 10.6. The Hall–Kier alpha value is 0.300. The highest BCUT2D eigenvalue weighted by Gasteiger charge is 2.08. The van der Waals surface area contributed by atoms with Gasteiger partial charge in [0.25, 0.3) is 0 Å². The summed E-state index contributed by atoms with van der Waals surface area (Å²) in [5.41, 5.74) is 0.584. The second-order valence-electron chi connectivity index (χ2n) is 4.05. The van der Waals surface area contributed by atoms with Crippen molar-refractivity contribution in [2.75, 3.05) is 37.5 Å². The highest BCUT2D eigenvalue weighted by molar-refractivity contribution is 14.1. The van der Waals surface area contributed by atoms with Crippen LogP contribution in [0.3, 0.4) is 0 Å². The molecule has 0 amide bonds. The number of benzene rings is 1. The van der Waals surface area contributed by atoms with Crippen LogP contribution in [0.15, 0.2) is 21.1 Å². The standard InChI is InChI=1S/C14H17Br2IO4/c15-12-8-11(10-18)9-13(16)14(12)21-7-6-20-5-4-19-3-1-2-17/h8-10H,1-7H2. The highest BCUT2D eigenvalue weighted by Crippen LogP contribution is 2.34. The van der Waals surface area contributed by atoms with E-state index in [9.17, 15) is 4.79 Å². The van der Waals surface area contributed by atoms with Crippen LogP contribution < -0.4 is 4.74 Å². The molecule has 0 atom stereocenters. The van der Waals surface area contributed by atoms with Crippen molar-refractivity contribution >= 4 is 60.7 Å². The van der Waals surface area contributed by atoms with E-state index in [0.717, 1.165) is 32.7 Å². The summed E-state index contributed by atoms with van der Waals surface area (Å²) in [5.74, 6) is 0.669. The van der Waals surface area contributed by atoms with Crippen molar-refractivity contribution in [3.05, 3.63) is 26.6 Å². The first kappa shape index (κ1) is 19.3. The van der Waals surface area contributed by atoms with Gasteiger partial charge in [-0.05, 0) is 50.4 Å². The smallest absolute Gasteiger partial charge is 0.150 e. The molecule has 4 nitrogen and oxygen atoms in total. The average Bonchev–Trinajstić information content (AvgIpc) is 2.47. The molecule has 118 valence electrons. The van der Waals surface area contributed by atoms with Crippen LogP contribution in [0.2, 0.25) is 0 Å². The number of aldehydes is 1. The van der Waals surface area contributed by atoms with Gasteiger partial charge < -0.3 is 14.2 Å². The highest BCUT2D eigenvalue weighted by atomic mass is 127. The largest absolute Gasteiger partial charge is 0.489 e. The van der Waals surface area contributed by atoms with Gasteiger partial charge in [0.2, 0.25) is 0 Å². The molecule has 7 heteroatoms. The Morgan fingerprint density at radius 1 is 1.00 bits per heavy atom. The Kier molecular flexibility index (Phi) is 10.9. The number of alkyl halides is 1. The third-order valence-corrected chi connectivity index (χ3v) is 4.37. The fourth-order valence-corrected chi connectivity index (χ4v) is 3.23. The van der Waals surface area contributed by atoms with E-state index in [1.807, 2.05) is 0 Å². The molecule has 0 aromatic heterocycles. The summed E-state index contributed by atoms with van der Waals surface area (Å²) in [6.45, 7) is 2.89. The van der Waals surface area contributed by atoms with Gasteiger partial charge in [0, 0.05) is 16.6 Å². The van der Waals surface area contributed by atoms with Gasteiger partial charge in [-0.25, -0.2) is 0 Å². The predicted molar refractivity (Wildman–Crippen MR) is 97.9 cm³/mol. The zero-order valence-corrected chi connectivity index (χ0v) is 16.8. The number of hydrogen-bond donors (Lipinski definition) is 0. The van der Waals surface area contributed by atoms with E-state index in [1.165, 1.54) is 0 Å². The second kappa shape index (κ2) is 11.8. The summed E-state index contributed by atoms with van der Waals surface area (Å²) in [7, 11) is 0. The first-order chi connectivity index (χ1) is 10.2. The fourth-order valence-electron chi connectivity index (χ4n) is 1.47. The number of halogens is 3. The Labute approximate surface area is 155 Å². The maximum atomic E-state index is 10.7. The summed E-state index contributed by atoms with van der Waals surface area (Å²) >= 11 is 9.09. The minimum absolute atomic E-state index is 0.436. The summed E-state index contributed by atoms with van der Waals surface area (Å²) in [4.78, 5) is 10.7. The van der Waals surface area contributed by atoms with E-state index in [-0.39, 0.29) is 0 Å². The molecule has 1 rings (SSSR count). The van der Waals surface area contributed by atoms with E-state index in [0.29, 0.717) is 37.7 Å². The van der Waals surface area contributed by atoms with Crippen LogP contribution in [0.5, 0.6) is 5.75 Å². The molecule has 0 spiro atoms. The van der Waals surface area contributed by atoms with Crippen molar-refractivity contribution in [1.82, 2.24) is 0 Å². The molecule has 21 heavy (non-hydrogen) atoms. The van der Waals surface area contributed by atoms with Crippen molar-refractivity contribution in [1.29, 1.82) is 0 Å². The number of carbonyl (C=O) groups excluding carboxylic acids is 1. The molecule has 0 unspecified atom stereocenters. The molecule has 1 aromatic rings. The molecule has 0 N–H and O–H groups in total. The van der Waals surface area contributed by atoms with E-state index in [1.54, 1.807) is 12.1 Å². The van der Waals surface area contributed by atoms with Crippen LogP contribution in [-0.4, -0.2) is 43.7 Å². The second-order valence-corrected chi connectivity index (χ2v) is 6.83. The number of rotatable bonds is 11. The van der Waals surface area contributed by atoms with Gasteiger partial charge in [0.1, 0.15) is 18.6 Å². The zero-order chi connectivity index (χ0) is 15.5. The molecule has 0 heterocycles. The van der Waals surface area contributed by atoms with Crippen molar-refractivity contribution in [2.45, 2.75) is 6.42 Å². The number of ether oxygens (including phenoxy) is 3. The van der Waals surface area contributed by atoms with Gasteiger partial charge >= 0.3 is 0 Å². The lowest BCUT2D eigenvalue weighted by atomic mass is 10.2. The van der Waals surface area contributed by atoms with Gasteiger partial charge in [-0.3, -0.25) is 4.79 Å². The van der Waals surface area contributed by atoms with Gasteiger partial charge in [-0.1, -0.05) is 22.6 Å². The predicted octanol–water partition coefficient (Wildman–Crippen LogP) is 4.26. The van der Waals surface area contributed by atoms with Crippen LogP contribution in [0.25, 0.3) is 0 Å². The van der Waals surface area contributed by atoms with Crippen molar-refractivity contribution < 1.29 is 19.0 Å².